The summed E-state index contributed by atoms with van der Waals surface area (Å²) in [5.74, 6) is 1.75. The molecule has 0 radical (unpaired) electrons. The van der Waals surface area contributed by atoms with Gasteiger partial charge in [0.1, 0.15) is 5.82 Å². The Kier molecular flexibility index (Phi) is 8.12. The van der Waals surface area contributed by atoms with Crippen molar-refractivity contribution in [1.29, 1.82) is 0 Å². The number of rotatable bonds is 2. The van der Waals surface area contributed by atoms with Gasteiger partial charge in [-0.2, -0.15) is 0 Å². The molecule has 1 saturated carbocycles. The normalized spacial score (nSPS) is 28.6. The van der Waals surface area contributed by atoms with Gasteiger partial charge in [0.05, 0.1) is 18.1 Å². The maximum Gasteiger partial charge on any atom is 0.141 e. The maximum absolute atomic E-state index is 5.76. The van der Waals surface area contributed by atoms with Gasteiger partial charge in [-0.3, -0.25) is 4.98 Å². The summed E-state index contributed by atoms with van der Waals surface area (Å²) < 4.78 is 0. The van der Waals surface area contributed by atoms with Gasteiger partial charge in [0, 0.05) is 5.92 Å². The molecule has 0 aromatic carbocycles. The highest BCUT2D eigenvalue weighted by Crippen LogP contribution is 2.44. The lowest BCUT2D eigenvalue weighted by Gasteiger charge is -2.38. The third-order valence-corrected chi connectivity index (χ3v) is 7.35. The molecular weight excluding hydrogens is 330 g/mol. The summed E-state index contributed by atoms with van der Waals surface area (Å²) in [5, 5.41) is 0. The third kappa shape index (κ3) is 7.08. The SMILES string of the molecule is CC(C)C1(C)CCC(c2cnc(N)cn2)CCCCCCCC(C)(C)CC1. The summed E-state index contributed by atoms with van der Waals surface area (Å²) in [6.45, 7) is 12.3. The van der Waals surface area contributed by atoms with E-state index in [1.165, 1.54) is 70.6 Å². The Hall–Kier alpha value is -1.12. The van der Waals surface area contributed by atoms with Crippen LogP contribution in [-0.4, -0.2) is 9.97 Å². The summed E-state index contributed by atoms with van der Waals surface area (Å²) >= 11 is 0. The molecule has 154 valence electrons. The van der Waals surface area contributed by atoms with Crippen molar-refractivity contribution in [2.45, 2.75) is 111 Å². The Labute approximate surface area is 168 Å². The van der Waals surface area contributed by atoms with Gasteiger partial charge in [-0.15, -0.1) is 0 Å². The van der Waals surface area contributed by atoms with Gasteiger partial charge in [0.2, 0.25) is 0 Å². The fourth-order valence-electron chi connectivity index (χ4n) is 4.48. The van der Waals surface area contributed by atoms with Crippen LogP contribution in [0.3, 0.4) is 0 Å². The van der Waals surface area contributed by atoms with E-state index in [-0.39, 0.29) is 0 Å². The van der Waals surface area contributed by atoms with Crippen LogP contribution in [0.1, 0.15) is 117 Å². The number of nitrogens with zero attached hydrogens (tertiary/aromatic N) is 2. The summed E-state index contributed by atoms with van der Waals surface area (Å²) in [5.41, 5.74) is 7.78. The zero-order valence-electron chi connectivity index (χ0n) is 18.6. The first-order valence-corrected chi connectivity index (χ1v) is 11.3. The van der Waals surface area contributed by atoms with Crippen LogP contribution in [0.25, 0.3) is 0 Å². The molecule has 0 spiro atoms. The lowest BCUT2D eigenvalue weighted by molar-refractivity contribution is 0.134. The topological polar surface area (TPSA) is 51.8 Å². The predicted molar refractivity (Wildman–Crippen MR) is 117 cm³/mol. The minimum atomic E-state index is 0.404. The predicted octanol–water partition coefficient (Wildman–Crippen LogP) is 7.14. The molecule has 1 aliphatic rings. The zero-order valence-corrected chi connectivity index (χ0v) is 18.6. The van der Waals surface area contributed by atoms with E-state index in [1.807, 2.05) is 6.20 Å². The molecule has 27 heavy (non-hydrogen) atoms. The fraction of sp³-hybridized carbons (Fsp3) is 0.833. The molecule has 1 aromatic rings. The van der Waals surface area contributed by atoms with Crippen LogP contribution in [0.4, 0.5) is 5.82 Å². The Bertz CT molecular complexity index is 549. The van der Waals surface area contributed by atoms with Crippen molar-refractivity contribution in [2.24, 2.45) is 16.7 Å². The Morgan fingerprint density at radius 2 is 1.56 bits per heavy atom. The monoisotopic (exact) mass is 373 g/mol. The zero-order chi connectivity index (χ0) is 19.9. The summed E-state index contributed by atoms with van der Waals surface area (Å²) in [6, 6.07) is 0. The lowest BCUT2D eigenvalue weighted by atomic mass is 9.67. The standard InChI is InChI=1S/C24H43N3/c1-19(2)24(5)14-12-20(21-17-27-22(25)18-26-21)11-9-7-6-8-10-13-23(3,4)15-16-24/h17-20H,6-16H2,1-5H3,(H2,25,27). The number of nitrogens with two attached hydrogens (primary N) is 1. The summed E-state index contributed by atoms with van der Waals surface area (Å²) in [4.78, 5) is 8.95. The van der Waals surface area contributed by atoms with Gasteiger partial charge >= 0.3 is 0 Å². The molecule has 1 aliphatic carbocycles. The van der Waals surface area contributed by atoms with E-state index >= 15 is 0 Å². The molecule has 0 amide bonds. The van der Waals surface area contributed by atoms with Crippen LogP contribution in [0.15, 0.2) is 12.4 Å². The lowest BCUT2D eigenvalue weighted by Crippen LogP contribution is -2.27. The van der Waals surface area contributed by atoms with Crippen molar-refractivity contribution in [3.05, 3.63) is 18.1 Å². The third-order valence-electron chi connectivity index (χ3n) is 7.35. The van der Waals surface area contributed by atoms with Gasteiger partial charge in [-0.1, -0.05) is 66.7 Å². The van der Waals surface area contributed by atoms with Crippen LogP contribution >= 0.6 is 0 Å². The second-order valence-electron chi connectivity index (χ2n) is 10.4. The quantitative estimate of drug-likeness (QED) is 0.599. The molecule has 0 bridgehead atoms. The van der Waals surface area contributed by atoms with E-state index in [1.54, 1.807) is 6.20 Å². The van der Waals surface area contributed by atoms with Gasteiger partial charge in [0.25, 0.3) is 0 Å². The van der Waals surface area contributed by atoms with E-state index in [0.29, 0.717) is 28.5 Å². The van der Waals surface area contributed by atoms with Crippen molar-refractivity contribution in [2.75, 3.05) is 5.73 Å². The van der Waals surface area contributed by atoms with Gasteiger partial charge in [0.15, 0.2) is 0 Å². The molecule has 0 saturated heterocycles. The van der Waals surface area contributed by atoms with Crippen LogP contribution in [0, 0.1) is 16.7 Å². The van der Waals surface area contributed by atoms with Gasteiger partial charge in [-0.05, 0) is 55.3 Å². The number of anilines is 1. The first kappa shape index (κ1) is 22.2. The van der Waals surface area contributed by atoms with Crippen molar-refractivity contribution in [3.63, 3.8) is 0 Å². The summed E-state index contributed by atoms with van der Waals surface area (Å²) in [7, 11) is 0. The molecule has 1 aromatic heterocycles. The van der Waals surface area contributed by atoms with E-state index in [9.17, 15) is 0 Å². The Morgan fingerprint density at radius 3 is 2.22 bits per heavy atom. The van der Waals surface area contributed by atoms with Crippen LogP contribution in [0.5, 0.6) is 0 Å². The van der Waals surface area contributed by atoms with Crippen LogP contribution in [0.2, 0.25) is 0 Å². The van der Waals surface area contributed by atoms with Crippen molar-refractivity contribution in [3.8, 4) is 0 Å². The molecule has 3 nitrogen and oxygen atoms in total. The first-order chi connectivity index (χ1) is 12.7. The number of nitrogen functional groups attached to an aromatic ring is 1. The second-order valence-corrected chi connectivity index (χ2v) is 10.4. The highest BCUT2D eigenvalue weighted by Gasteiger charge is 2.32. The minimum absolute atomic E-state index is 0.404. The molecule has 1 fully saturated rings. The van der Waals surface area contributed by atoms with Gasteiger partial charge < -0.3 is 5.73 Å². The first-order valence-electron chi connectivity index (χ1n) is 11.3. The molecule has 2 rings (SSSR count). The average molecular weight is 374 g/mol. The Balaban J connectivity index is 2.15. The van der Waals surface area contributed by atoms with Crippen LogP contribution < -0.4 is 5.73 Å². The molecule has 0 aliphatic heterocycles. The number of hydrogen-bond donors (Lipinski definition) is 1. The highest BCUT2D eigenvalue weighted by molar-refractivity contribution is 5.23. The molecule has 3 heteroatoms. The largest absolute Gasteiger partial charge is 0.382 e. The molecular formula is C24H43N3. The minimum Gasteiger partial charge on any atom is -0.382 e. The summed E-state index contributed by atoms with van der Waals surface area (Å²) in [6.07, 6.45) is 18.2. The fourth-order valence-corrected chi connectivity index (χ4v) is 4.48. The molecule has 1 heterocycles. The number of hydrogen-bond acceptors (Lipinski definition) is 3. The van der Waals surface area contributed by atoms with E-state index in [2.05, 4.69) is 44.6 Å². The van der Waals surface area contributed by atoms with E-state index in [0.717, 1.165) is 5.69 Å². The smallest absolute Gasteiger partial charge is 0.141 e. The van der Waals surface area contributed by atoms with Crippen molar-refractivity contribution in [1.82, 2.24) is 9.97 Å². The van der Waals surface area contributed by atoms with E-state index in [4.69, 9.17) is 5.73 Å². The molecule has 2 N–H and O–H groups in total. The van der Waals surface area contributed by atoms with Crippen molar-refractivity contribution >= 4 is 5.82 Å². The maximum atomic E-state index is 5.76. The van der Waals surface area contributed by atoms with Gasteiger partial charge in [-0.25, -0.2) is 4.98 Å². The second kappa shape index (κ2) is 9.89. The van der Waals surface area contributed by atoms with Crippen molar-refractivity contribution < 1.29 is 0 Å². The number of aromatic nitrogens is 2. The van der Waals surface area contributed by atoms with Crippen LogP contribution in [-0.2, 0) is 0 Å². The highest BCUT2D eigenvalue weighted by atomic mass is 14.9. The molecule has 2 unspecified atom stereocenters. The van der Waals surface area contributed by atoms with E-state index < -0.39 is 0 Å². The molecule has 2 atom stereocenters. The Morgan fingerprint density at radius 1 is 0.852 bits per heavy atom. The average Bonchev–Trinajstić information content (AvgIpc) is 2.62.